The number of aliphatic carboxylic acids is 1. The number of allylic oxidation sites excluding steroid dienone is 1. The number of carboxylic acids is 1. The molecule has 1 aliphatic heterocycles. The lowest BCUT2D eigenvalue weighted by Crippen LogP contribution is -2.44. The Hall–Kier alpha value is -2.29. The summed E-state index contributed by atoms with van der Waals surface area (Å²) in [5, 5.41) is 15.7. The maximum absolute atomic E-state index is 13.5. The Balaban J connectivity index is 1.86. The Morgan fingerprint density at radius 2 is 2.19 bits per heavy atom. The fourth-order valence-corrected chi connectivity index (χ4v) is 4.28. The van der Waals surface area contributed by atoms with Crippen molar-refractivity contribution in [2.24, 2.45) is 16.6 Å². The van der Waals surface area contributed by atoms with Crippen LogP contribution in [0.2, 0.25) is 5.02 Å². The number of carboxylic acid groups (broad SMARTS) is 1. The number of aromatic nitrogens is 1. The van der Waals surface area contributed by atoms with Crippen LogP contribution in [-0.2, 0) is 4.79 Å². The zero-order valence-corrected chi connectivity index (χ0v) is 15.6. The fraction of sp³-hybridized carbons (Fsp3) is 0.278. The summed E-state index contributed by atoms with van der Waals surface area (Å²) in [5.41, 5.74) is 7.04. The molecule has 1 atom stereocenters. The number of rotatable bonds is 4. The Labute approximate surface area is 163 Å². The highest BCUT2D eigenvalue weighted by Gasteiger charge is 2.39. The Kier molecular flexibility index (Phi) is 4.71. The van der Waals surface area contributed by atoms with Crippen LogP contribution < -0.4 is 11.1 Å². The first kappa shape index (κ1) is 18.1. The van der Waals surface area contributed by atoms with Gasteiger partial charge in [-0.15, -0.1) is 11.3 Å². The van der Waals surface area contributed by atoms with Crippen LogP contribution in [0, 0.1) is 11.7 Å². The van der Waals surface area contributed by atoms with E-state index in [2.05, 4.69) is 15.3 Å². The number of aliphatic imine (C=N–C) groups is 1. The molecule has 140 valence electrons. The summed E-state index contributed by atoms with van der Waals surface area (Å²) < 4.78 is 13.5. The maximum Gasteiger partial charge on any atom is 0.335 e. The van der Waals surface area contributed by atoms with Gasteiger partial charge in [-0.2, -0.15) is 0 Å². The van der Waals surface area contributed by atoms with E-state index in [0.717, 1.165) is 6.07 Å². The molecule has 0 radical (unpaired) electrons. The molecule has 9 heteroatoms. The third kappa shape index (κ3) is 3.36. The smallest absolute Gasteiger partial charge is 0.335 e. The second-order valence-corrected chi connectivity index (χ2v) is 7.87. The molecule has 4 N–H and O–H groups in total. The molecule has 1 unspecified atom stereocenters. The van der Waals surface area contributed by atoms with Crippen molar-refractivity contribution in [1.82, 2.24) is 10.3 Å². The van der Waals surface area contributed by atoms with E-state index < -0.39 is 17.8 Å². The zero-order valence-electron chi connectivity index (χ0n) is 14.0. The van der Waals surface area contributed by atoms with E-state index in [4.69, 9.17) is 17.3 Å². The summed E-state index contributed by atoms with van der Waals surface area (Å²) in [5.74, 6) is -1.10. The SMILES string of the molecule is NC1CC(C2=C(C(=O)O)C(c3ccc(F)cc3Cl)N=C(c3nccs3)N2)C1. The molecule has 4 rings (SSSR count). The quantitative estimate of drug-likeness (QED) is 0.724. The van der Waals surface area contributed by atoms with Crippen LogP contribution in [0.25, 0.3) is 0 Å². The number of thiazole rings is 1. The molecule has 2 aromatic rings. The van der Waals surface area contributed by atoms with Crippen molar-refractivity contribution in [3.63, 3.8) is 0 Å². The van der Waals surface area contributed by atoms with E-state index >= 15 is 0 Å². The second-order valence-electron chi connectivity index (χ2n) is 6.57. The summed E-state index contributed by atoms with van der Waals surface area (Å²) in [6.45, 7) is 0. The molecule has 1 fully saturated rings. The number of benzene rings is 1. The maximum atomic E-state index is 13.5. The lowest BCUT2D eigenvalue weighted by Gasteiger charge is -2.38. The van der Waals surface area contributed by atoms with Crippen LogP contribution >= 0.6 is 22.9 Å². The van der Waals surface area contributed by atoms with Gasteiger partial charge in [0.05, 0.1) is 5.57 Å². The fourth-order valence-electron chi connectivity index (χ4n) is 3.42. The molecular weight excluding hydrogens is 391 g/mol. The summed E-state index contributed by atoms with van der Waals surface area (Å²) in [6, 6.07) is 3.08. The molecule has 0 amide bonds. The number of hydrogen-bond donors (Lipinski definition) is 3. The van der Waals surface area contributed by atoms with Crippen molar-refractivity contribution in [3.8, 4) is 0 Å². The summed E-state index contributed by atoms with van der Waals surface area (Å²) in [7, 11) is 0. The van der Waals surface area contributed by atoms with Crippen LogP contribution in [0.4, 0.5) is 4.39 Å². The number of amidine groups is 1. The third-order valence-corrected chi connectivity index (χ3v) is 5.89. The van der Waals surface area contributed by atoms with Crippen molar-refractivity contribution in [2.45, 2.75) is 24.9 Å². The third-order valence-electron chi connectivity index (χ3n) is 4.78. The minimum absolute atomic E-state index is 0.00159. The van der Waals surface area contributed by atoms with Crippen molar-refractivity contribution in [3.05, 3.63) is 62.5 Å². The summed E-state index contributed by atoms with van der Waals surface area (Å²) in [4.78, 5) is 21.0. The normalized spacial score (nSPS) is 24.9. The molecule has 6 nitrogen and oxygen atoms in total. The van der Waals surface area contributed by atoms with Gasteiger partial charge in [-0.3, -0.25) is 4.99 Å². The van der Waals surface area contributed by atoms with Gasteiger partial charge < -0.3 is 16.2 Å². The van der Waals surface area contributed by atoms with Gasteiger partial charge in [0.15, 0.2) is 10.8 Å². The minimum atomic E-state index is -1.09. The van der Waals surface area contributed by atoms with E-state index in [9.17, 15) is 14.3 Å². The van der Waals surface area contributed by atoms with Gasteiger partial charge in [0.1, 0.15) is 11.9 Å². The lowest BCUT2D eigenvalue weighted by atomic mass is 9.75. The second kappa shape index (κ2) is 7.03. The van der Waals surface area contributed by atoms with Gasteiger partial charge in [0.25, 0.3) is 0 Å². The monoisotopic (exact) mass is 406 g/mol. The Morgan fingerprint density at radius 1 is 1.41 bits per heavy atom. The highest BCUT2D eigenvalue weighted by Crippen LogP contribution is 2.41. The first-order chi connectivity index (χ1) is 12.9. The van der Waals surface area contributed by atoms with Crippen LogP contribution in [-0.4, -0.2) is 27.9 Å². The van der Waals surface area contributed by atoms with Gasteiger partial charge in [0, 0.05) is 39.8 Å². The number of halogens is 2. The summed E-state index contributed by atoms with van der Waals surface area (Å²) in [6.07, 6.45) is 3.03. The predicted molar refractivity (Wildman–Crippen MR) is 101 cm³/mol. The van der Waals surface area contributed by atoms with E-state index in [1.807, 2.05) is 5.38 Å². The molecular formula is C18H16ClFN4O2S. The standard InChI is InChI=1S/C18H16ClFN4O2S/c19-12-7-9(20)1-2-11(12)15-13(18(25)26)14(8-5-10(21)6-8)23-16(24-15)17-22-3-4-27-17/h1-4,7-8,10,15H,5-6,21H2,(H,23,24)(H,25,26). The van der Waals surface area contributed by atoms with E-state index in [-0.39, 0.29) is 22.6 Å². The topological polar surface area (TPSA) is 101 Å². The lowest BCUT2D eigenvalue weighted by molar-refractivity contribution is -0.133. The summed E-state index contributed by atoms with van der Waals surface area (Å²) >= 11 is 7.62. The van der Waals surface area contributed by atoms with Crippen molar-refractivity contribution in [2.75, 3.05) is 0 Å². The van der Waals surface area contributed by atoms with E-state index in [1.54, 1.807) is 6.20 Å². The van der Waals surface area contributed by atoms with E-state index in [1.165, 1.54) is 23.5 Å². The molecule has 0 bridgehead atoms. The van der Waals surface area contributed by atoms with Crippen LogP contribution in [0.15, 0.2) is 46.0 Å². The number of carbonyl (C=O) groups is 1. The molecule has 1 aromatic carbocycles. The zero-order chi connectivity index (χ0) is 19.1. The van der Waals surface area contributed by atoms with Gasteiger partial charge in [-0.05, 0) is 25.0 Å². The van der Waals surface area contributed by atoms with Gasteiger partial charge in [-0.1, -0.05) is 17.7 Å². The highest BCUT2D eigenvalue weighted by atomic mass is 35.5. The average Bonchev–Trinajstić information content (AvgIpc) is 3.12. The molecule has 1 saturated carbocycles. The van der Waals surface area contributed by atoms with Crippen molar-refractivity contribution >= 4 is 34.7 Å². The minimum Gasteiger partial charge on any atom is -0.478 e. The Bertz CT molecular complexity index is 954. The molecule has 2 aliphatic rings. The largest absolute Gasteiger partial charge is 0.478 e. The first-order valence-corrected chi connectivity index (χ1v) is 9.62. The number of hydrogen-bond acceptors (Lipinski definition) is 6. The van der Waals surface area contributed by atoms with Crippen molar-refractivity contribution in [1.29, 1.82) is 0 Å². The van der Waals surface area contributed by atoms with Crippen LogP contribution in [0.5, 0.6) is 0 Å². The number of nitrogens with one attached hydrogen (secondary N) is 1. The molecule has 1 aromatic heterocycles. The van der Waals surface area contributed by atoms with Crippen molar-refractivity contribution < 1.29 is 14.3 Å². The van der Waals surface area contributed by atoms with E-state index in [0.29, 0.717) is 34.9 Å². The molecule has 27 heavy (non-hydrogen) atoms. The van der Waals surface area contributed by atoms with Crippen LogP contribution in [0.3, 0.4) is 0 Å². The molecule has 0 spiro atoms. The molecule has 2 heterocycles. The van der Waals surface area contributed by atoms with Gasteiger partial charge in [-0.25, -0.2) is 14.2 Å². The highest BCUT2D eigenvalue weighted by molar-refractivity contribution is 7.11. The molecule has 0 saturated heterocycles. The predicted octanol–water partition coefficient (Wildman–Crippen LogP) is 3.10. The molecule has 1 aliphatic carbocycles. The first-order valence-electron chi connectivity index (χ1n) is 8.36. The number of nitrogens with zero attached hydrogens (tertiary/aromatic N) is 2. The average molecular weight is 407 g/mol. The van der Waals surface area contributed by atoms with Crippen LogP contribution in [0.1, 0.15) is 29.5 Å². The van der Waals surface area contributed by atoms with Gasteiger partial charge >= 0.3 is 5.97 Å². The Morgan fingerprint density at radius 3 is 2.78 bits per heavy atom. The number of nitrogens with two attached hydrogens (primary N) is 1. The van der Waals surface area contributed by atoms with Gasteiger partial charge in [0.2, 0.25) is 0 Å².